The second-order valence-electron chi connectivity index (χ2n) is 5.62. The van der Waals surface area contributed by atoms with Crippen LogP contribution in [0.25, 0.3) is 0 Å². The molecular formula is C16H22N2O2S. The number of thioether (sulfide) groups is 1. The Balaban J connectivity index is 1.75. The molecule has 0 radical (unpaired) electrons. The third kappa shape index (κ3) is 3.59. The summed E-state index contributed by atoms with van der Waals surface area (Å²) >= 11 is 1.87. The van der Waals surface area contributed by atoms with Gasteiger partial charge >= 0.3 is 0 Å². The van der Waals surface area contributed by atoms with Gasteiger partial charge < -0.3 is 9.64 Å². The van der Waals surface area contributed by atoms with E-state index in [9.17, 15) is 4.79 Å². The second kappa shape index (κ2) is 6.81. The highest BCUT2D eigenvalue weighted by atomic mass is 32.2. The van der Waals surface area contributed by atoms with Gasteiger partial charge in [0.25, 0.3) is 0 Å². The molecule has 0 saturated carbocycles. The molecule has 2 aliphatic rings. The lowest BCUT2D eigenvalue weighted by atomic mass is 10.2. The van der Waals surface area contributed by atoms with Gasteiger partial charge in [-0.3, -0.25) is 9.69 Å². The predicted molar refractivity (Wildman–Crippen MR) is 86.0 cm³/mol. The van der Waals surface area contributed by atoms with Gasteiger partial charge in [0.05, 0.1) is 25.4 Å². The maximum absolute atomic E-state index is 12.7. The fourth-order valence-corrected chi connectivity index (χ4v) is 3.89. The van der Waals surface area contributed by atoms with Gasteiger partial charge in [0.15, 0.2) is 0 Å². The van der Waals surface area contributed by atoms with Crippen molar-refractivity contribution < 1.29 is 9.53 Å². The van der Waals surface area contributed by atoms with Crippen molar-refractivity contribution in [2.24, 2.45) is 0 Å². The molecule has 0 aromatic heterocycles. The fourth-order valence-electron chi connectivity index (χ4n) is 2.78. The van der Waals surface area contributed by atoms with Crippen LogP contribution in [0.2, 0.25) is 0 Å². The number of carbonyl (C=O) groups is 1. The SMILES string of the molecule is CC1CCN(C(=O)CN2CCOCC2)c2ccccc2S1. The minimum atomic E-state index is 0.207. The highest BCUT2D eigenvalue weighted by Crippen LogP contribution is 2.37. The zero-order valence-electron chi connectivity index (χ0n) is 12.5. The smallest absolute Gasteiger partial charge is 0.241 e. The van der Waals surface area contributed by atoms with Crippen molar-refractivity contribution in [2.75, 3.05) is 44.3 Å². The predicted octanol–water partition coefficient (Wildman–Crippen LogP) is 2.24. The van der Waals surface area contributed by atoms with E-state index in [-0.39, 0.29) is 5.91 Å². The molecule has 0 spiro atoms. The van der Waals surface area contributed by atoms with Crippen LogP contribution in [-0.2, 0) is 9.53 Å². The molecule has 0 bridgehead atoms. The van der Waals surface area contributed by atoms with Crippen LogP contribution in [0.15, 0.2) is 29.2 Å². The molecule has 1 atom stereocenters. The summed E-state index contributed by atoms with van der Waals surface area (Å²) < 4.78 is 5.35. The summed E-state index contributed by atoms with van der Waals surface area (Å²) in [6.45, 7) is 6.72. The van der Waals surface area contributed by atoms with Crippen LogP contribution in [0.5, 0.6) is 0 Å². The summed E-state index contributed by atoms with van der Waals surface area (Å²) in [4.78, 5) is 18.1. The molecule has 1 aromatic carbocycles. The number of para-hydroxylation sites is 1. The Morgan fingerprint density at radius 1 is 1.29 bits per heavy atom. The van der Waals surface area contributed by atoms with Gasteiger partial charge in [-0.05, 0) is 18.6 Å². The van der Waals surface area contributed by atoms with Gasteiger partial charge in [-0.15, -0.1) is 11.8 Å². The molecule has 1 amide bonds. The average Bonchev–Trinajstić information content (AvgIpc) is 2.66. The normalized spacial score (nSPS) is 23.5. The van der Waals surface area contributed by atoms with Crippen molar-refractivity contribution in [1.29, 1.82) is 0 Å². The molecule has 1 aromatic rings. The van der Waals surface area contributed by atoms with Crippen molar-refractivity contribution in [3.63, 3.8) is 0 Å². The third-order valence-electron chi connectivity index (χ3n) is 4.01. The van der Waals surface area contributed by atoms with E-state index in [0.29, 0.717) is 11.8 Å². The summed E-state index contributed by atoms with van der Waals surface area (Å²) in [7, 11) is 0. The lowest BCUT2D eigenvalue weighted by Crippen LogP contribution is -2.45. The molecular weight excluding hydrogens is 284 g/mol. The monoisotopic (exact) mass is 306 g/mol. The number of morpholine rings is 1. The van der Waals surface area contributed by atoms with Crippen LogP contribution < -0.4 is 4.90 Å². The first-order valence-electron chi connectivity index (χ1n) is 7.60. The average molecular weight is 306 g/mol. The first-order valence-corrected chi connectivity index (χ1v) is 8.48. The van der Waals surface area contributed by atoms with Gasteiger partial charge in [0, 0.05) is 29.8 Å². The summed E-state index contributed by atoms with van der Waals surface area (Å²) in [5.74, 6) is 0.207. The van der Waals surface area contributed by atoms with E-state index in [1.54, 1.807) is 0 Å². The van der Waals surface area contributed by atoms with E-state index < -0.39 is 0 Å². The van der Waals surface area contributed by atoms with E-state index in [0.717, 1.165) is 45.0 Å². The summed E-state index contributed by atoms with van der Waals surface area (Å²) in [6, 6.07) is 8.26. The van der Waals surface area contributed by atoms with Crippen molar-refractivity contribution in [3.8, 4) is 0 Å². The number of ether oxygens (including phenoxy) is 1. The number of hydrogen-bond donors (Lipinski definition) is 0. The minimum Gasteiger partial charge on any atom is -0.379 e. The van der Waals surface area contributed by atoms with Gasteiger partial charge in [-0.1, -0.05) is 19.1 Å². The zero-order chi connectivity index (χ0) is 14.7. The van der Waals surface area contributed by atoms with E-state index in [1.165, 1.54) is 4.90 Å². The molecule has 0 aliphatic carbocycles. The number of benzene rings is 1. The van der Waals surface area contributed by atoms with Crippen LogP contribution in [0, 0.1) is 0 Å². The van der Waals surface area contributed by atoms with Crippen LogP contribution in [0.4, 0.5) is 5.69 Å². The van der Waals surface area contributed by atoms with Gasteiger partial charge in [0.1, 0.15) is 0 Å². The van der Waals surface area contributed by atoms with Gasteiger partial charge in [0.2, 0.25) is 5.91 Å². The lowest BCUT2D eigenvalue weighted by molar-refractivity contribution is -0.120. The number of carbonyl (C=O) groups excluding carboxylic acids is 1. The quantitative estimate of drug-likeness (QED) is 0.839. The largest absolute Gasteiger partial charge is 0.379 e. The van der Waals surface area contributed by atoms with E-state index in [2.05, 4.69) is 30.0 Å². The molecule has 21 heavy (non-hydrogen) atoms. The van der Waals surface area contributed by atoms with E-state index >= 15 is 0 Å². The molecule has 0 N–H and O–H groups in total. The molecule has 114 valence electrons. The summed E-state index contributed by atoms with van der Waals surface area (Å²) in [5.41, 5.74) is 1.07. The molecule has 2 aliphatic heterocycles. The first-order chi connectivity index (χ1) is 10.2. The number of fused-ring (bicyclic) bond motifs is 1. The van der Waals surface area contributed by atoms with E-state index in [4.69, 9.17) is 4.74 Å². The van der Waals surface area contributed by atoms with Crippen LogP contribution in [0.1, 0.15) is 13.3 Å². The number of rotatable bonds is 2. The number of nitrogens with zero attached hydrogens (tertiary/aromatic N) is 2. The lowest BCUT2D eigenvalue weighted by Gasteiger charge is -2.29. The second-order valence-corrected chi connectivity index (χ2v) is 7.10. The molecule has 5 heteroatoms. The Morgan fingerprint density at radius 2 is 2.05 bits per heavy atom. The highest BCUT2D eigenvalue weighted by molar-refractivity contribution is 8.00. The van der Waals surface area contributed by atoms with Crippen LogP contribution in [0.3, 0.4) is 0 Å². The maximum atomic E-state index is 12.7. The first kappa shape index (κ1) is 14.9. The van der Waals surface area contributed by atoms with Crippen molar-refractivity contribution in [1.82, 2.24) is 4.90 Å². The molecule has 4 nitrogen and oxygen atoms in total. The zero-order valence-corrected chi connectivity index (χ0v) is 13.3. The maximum Gasteiger partial charge on any atom is 0.241 e. The molecule has 1 unspecified atom stereocenters. The Labute approximate surface area is 130 Å². The van der Waals surface area contributed by atoms with Crippen molar-refractivity contribution in [3.05, 3.63) is 24.3 Å². The highest BCUT2D eigenvalue weighted by Gasteiger charge is 2.25. The summed E-state index contributed by atoms with van der Waals surface area (Å²) in [5, 5.41) is 0.548. The topological polar surface area (TPSA) is 32.8 Å². The van der Waals surface area contributed by atoms with Gasteiger partial charge in [-0.2, -0.15) is 0 Å². The van der Waals surface area contributed by atoms with Crippen LogP contribution >= 0.6 is 11.8 Å². The summed E-state index contributed by atoms with van der Waals surface area (Å²) in [6.07, 6.45) is 1.04. The Hall–Kier alpha value is -1.04. The van der Waals surface area contributed by atoms with Crippen LogP contribution in [-0.4, -0.2) is 55.4 Å². The Kier molecular flexibility index (Phi) is 4.83. The molecule has 3 rings (SSSR count). The number of anilines is 1. The van der Waals surface area contributed by atoms with Crippen molar-refractivity contribution >= 4 is 23.4 Å². The standard InChI is InChI=1S/C16H22N2O2S/c1-13-6-7-18(14-4-2-3-5-15(14)21-13)16(19)12-17-8-10-20-11-9-17/h2-5,13H,6-12H2,1H3. The molecule has 1 saturated heterocycles. The van der Waals surface area contributed by atoms with E-state index in [1.807, 2.05) is 22.7 Å². The number of hydrogen-bond acceptors (Lipinski definition) is 4. The minimum absolute atomic E-state index is 0.207. The molecule has 2 heterocycles. The Morgan fingerprint density at radius 3 is 2.86 bits per heavy atom. The Bertz CT molecular complexity index is 503. The molecule has 1 fully saturated rings. The van der Waals surface area contributed by atoms with Gasteiger partial charge in [-0.25, -0.2) is 0 Å². The van der Waals surface area contributed by atoms with Crippen molar-refractivity contribution in [2.45, 2.75) is 23.5 Å². The third-order valence-corrected chi connectivity index (χ3v) is 5.24. The number of amides is 1. The fraction of sp³-hybridized carbons (Fsp3) is 0.562.